The van der Waals surface area contributed by atoms with Crippen LogP contribution in [-0.2, 0) is 6.54 Å². The van der Waals surface area contributed by atoms with Crippen LogP contribution >= 0.6 is 0 Å². The highest BCUT2D eigenvalue weighted by molar-refractivity contribution is 5.94. The second-order valence-electron chi connectivity index (χ2n) is 7.18. The van der Waals surface area contributed by atoms with Gasteiger partial charge in [-0.3, -0.25) is 10.1 Å². The van der Waals surface area contributed by atoms with Gasteiger partial charge in [0.05, 0.1) is 10.4 Å². The maximum atomic E-state index is 11.5. The standard InChI is InChI=1S/C21H24N6O2/c1-2-22-19-11-18-16(10-20(19)27(28)29)21(25-13-24-18)23-12-14-6-3-4-9-17(14)26-15-7-5-8-15/h3-4,6,9-11,13,15,22,26H,2,5,7-8,12H2,1H3,(H,23,24,25). The van der Waals surface area contributed by atoms with Gasteiger partial charge in [0.15, 0.2) is 0 Å². The van der Waals surface area contributed by atoms with E-state index in [9.17, 15) is 10.1 Å². The molecule has 8 nitrogen and oxygen atoms in total. The zero-order valence-corrected chi connectivity index (χ0v) is 16.3. The molecule has 3 N–H and O–H groups in total. The van der Waals surface area contributed by atoms with Crippen LogP contribution in [0.25, 0.3) is 10.9 Å². The van der Waals surface area contributed by atoms with E-state index in [-0.39, 0.29) is 10.6 Å². The van der Waals surface area contributed by atoms with Gasteiger partial charge in [-0.1, -0.05) is 18.2 Å². The lowest BCUT2D eigenvalue weighted by Gasteiger charge is -2.28. The molecule has 0 radical (unpaired) electrons. The molecule has 4 rings (SSSR count). The van der Waals surface area contributed by atoms with Crippen molar-refractivity contribution in [2.24, 2.45) is 0 Å². The average molecular weight is 392 g/mol. The van der Waals surface area contributed by atoms with Crippen molar-refractivity contribution in [1.82, 2.24) is 9.97 Å². The lowest BCUT2D eigenvalue weighted by molar-refractivity contribution is -0.383. The Morgan fingerprint density at radius 1 is 1.14 bits per heavy atom. The maximum Gasteiger partial charge on any atom is 0.293 e. The molecule has 150 valence electrons. The van der Waals surface area contributed by atoms with Crippen LogP contribution in [0.5, 0.6) is 0 Å². The Morgan fingerprint density at radius 2 is 1.97 bits per heavy atom. The van der Waals surface area contributed by atoms with Crippen LogP contribution in [-0.4, -0.2) is 27.5 Å². The van der Waals surface area contributed by atoms with Crippen molar-refractivity contribution in [1.29, 1.82) is 0 Å². The number of para-hydroxylation sites is 1. The summed E-state index contributed by atoms with van der Waals surface area (Å²) in [4.78, 5) is 19.7. The fourth-order valence-electron chi connectivity index (χ4n) is 3.48. The number of hydrogen-bond acceptors (Lipinski definition) is 7. The largest absolute Gasteiger partial charge is 0.382 e. The summed E-state index contributed by atoms with van der Waals surface area (Å²) in [5, 5.41) is 22.1. The third-order valence-electron chi connectivity index (χ3n) is 5.25. The van der Waals surface area contributed by atoms with Gasteiger partial charge < -0.3 is 16.0 Å². The molecule has 0 unspecified atom stereocenters. The van der Waals surface area contributed by atoms with Crippen LogP contribution < -0.4 is 16.0 Å². The van der Waals surface area contributed by atoms with Crippen molar-refractivity contribution in [3.63, 3.8) is 0 Å². The highest BCUT2D eigenvalue weighted by Gasteiger charge is 2.19. The Balaban J connectivity index is 1.61. The minimum atomic E-state index is -0.383. The van der Waals surface area contributed by atoms with E-state index < -0.39 is 0 Å². The summed E-state index contributed by atoms with van der Waals surface area (Å²) in [5.74, 6) is 0.583. The van der Waals surface area contributed by atoms with Crippen LogP contribution in [0, 0.1) is 10.1 Å². The van der Waals surface area contributed by atoms with Crippen LogP contribution in [0.2, 0.25) is 0 Å². The quantitative estimate of drug-likeness (QED) is 0.381. The van der Waals surface area contributed by atoms with E-state index in [4.69, 9.17) is 0 Å². The molecule has 1 aromatic heterocycles. The van der Waals surface area contributed by atoms with Crippen molar-refractivity contribution in [2.45, 2.75) is 38.8 Å². The van der Waals surface area contributed by atoms with Crippen molar-refractivity contribution in [3.05, 3.63) is 58.4 Å². The molecule has 0 amide bonds. The van der Waals surface area contributed by atoms with Crippen LogP contribution in [0.4, 0.5) is 22.9 Å². The van der Waals surface area contributed by atoms with Gasteiger partial charge in [-0.05, 0) is 43.9 Å². The summed E-state index contributed by atoms with van der Waals surface area (Å²) in [5.41, 5.74) is 3.38. The molecular formula is C21H24N6O2. The molecule has 1 fully saturated rings. The number of benzene rings is 2. The monoisotopic (exact) mass is 392 g/mol. The molecule has 0 spiro atoms. The number of hydrogen-bond donors (Lipinski definition) is 3. The van der Waals surface area contributed by atoms with E-state index in [1.807, 2.05) is 19.1 Å². The normalized spacial score (nSPS) is 13.7. The van der Waals surface area contributed by atoms with Gasteiger partial charge in [-0.2, -0.15) is 0 Å². The fraction of sp³-hybridized carbons (Fsp3) is 0.333. The lowest BCUT2D eigenvalue weighted by Crippen LogP contribution is -2.27. The van der Waals surface area contributed by atoms with E-state index in [1.165, 1.54) is 31.7 Å². The summed E-state index contributed by atoms with van der Waals surface area (Å²) < 4.78 is 0. The van der Waals surface area contributed by atoms with Gasteiger partial charge >= 0.3 is 0 Å². The van der Waals surface area contributed by atoms with E-state index in [2.05, 4.69) is 38.1 Å². The molecule has 2 aromatic carbocycles. The van der Waals surface area contributed by atoms with Gasteiger partial charge in [0.25, 0.3) is 5.69 Å². The smallest absolute Gasteiger partial charge is 0.293 e. The molecule has 1 aliphatic rings. The van der Waals surface area contributed by atoms with Crippen molar-refractivity contribution >= 4 is 33.8 Å². The molecule has 1 heterocycles. The molecule has 0 aliphatic heterocycles. The summed E-state index contributed by atoms with van der Waals surface area (Å²) in [6.07, 6.45) is 5.16. The summed E-state index contributed by atoms with van der Waals surface area (Å²) in [6, 6.07) is 12.0. The first kappa shape index (κ1) is 18.9. The zero-order chi connectivity index (χ0) is 20.2. The molecular weight excluding hydrogens is 368 g/mol. The summed E-state index contributed by atoms with van der Waals surface area (Å²) in [7, 11) is 0. The predicted molar refractivity (Wildman–Crippen MR) is 115 cm³/mol. The third kappa shape index (κ3) is 4.06. The van der Waals surface area contributed by atoms with Gasteiger partial charge in [-0.25, -0.2) is 9.97 Å². The van der Waals surface area contributed by atoms with Gasteiger partial charge in [0.2, 0.25) is 0 Å². The SMILES string of the molecule is CCNc1cc2ncnc(NCc3ccccc3NC3CCC3)c2cc1[N+](=O)[O-]. The fourth-order valence-corrected chi connectivity index (χ4v) is 3.48. The van der Waals surface area contributed by atoms with Crippen LogP contribution in [0.15, 0.2) is 42.7 Å². The zero-order valence-electron chi connectivity index (χ0n) is 16.3. The molecule has 3 aromatic rings. The van der Waals surface area contributed by atoms with Crippen molar-refractivity contribution in [2.75, 3.05) is 22.5 Å². The number of rotatable bonds is 8. The molecule has 8 heteroatoms. The summed E-state index contributed by atoms with van der Waals surface area (Å²) >= 11 is 0. The first-order chi connectivity index (χ1) is 14.2. The number of anilines is 3. The van der Waals surface area contributed by atoms with Gasteiger partial charge in [-0.15, -0.1) is 0 Å². The van der Waals surface area contributed by atoms with Crippen LogP contribution in [0.3, 0.4) is 0 Å². The number of nitro groups is 1. The topological polar surface area (TPSA) is 105 Å². The number of nitrogens with one attached hydrogen (secondary N) is 3. The molecule has 1 aliphatic carbocycles. The first-order valence-electron chi connectivity index (χ1n) is 9.91. The Labute approximate surface area is 168 Å². The number of aromatic nitrogens is 2. The molecule has 0 bridgehead atoms. The maximum absolute atomic E-state index is 11.5. The second kappa shape index (κ2) is 8.30. The molecule has 29 heavy (non-hydrogen) atoms. The van der Waals surface area contributed by atoms with E-state index in [0.717, 1.165) is 11.3 Å². The number of nitrogens with zero attached hydrogens (tertiary/aromatic N) is 3. The lowest BCUT2D eigenvalue weighted by atomic mass is 9.92. The van der Waals surface area contributed by atoms with Gasteiger partial charge in [0.1, 0.15) is 17.8 Å². The van der Waals surface area contributed by atoms with Crippen molar-refractivity contribution < 1.29 is 4.92 Å². The van der Waals surface area contributed by atoms with E-state index in [0.29, 0.717) is 41.5 Å². The number of fused-ring (bicyclic) bond motifs is 1. The third-order valence-corrected chi connectivity index (χ3v) is 5.25. The Hall–Kier alpha value is -3.42. The van der Waals surface area contributed by atoms with E-state index in [1.54, 1.807) is 6.07 Å². The Morgan fingerprint density at radius 3 is 2.69 bits per heavy atom. The molecule has 1 saturated carbocycles. The van der Waals surface area contributed by atoms with Crippen LogP contribution in [0.1, 0.15) is 31.7 Å². The van der Waals surface area contributed by atoms with Gasteiger partial charge in [0, 0.05) is 36.3 Å². The average Bonchev–Trinajstić information content (AvgIpc) is 2.69. The minimum absolute atomic E-state index is 0.0178. The second-order valence-corrected chi connectivity index (χ2v) is 7.18. The highest BCUT2D eigenvalue weighted by atomic mass is 16.6. The Bertz CT molecular complexity index is 1030. The number of nitro benzene ring substituents is 1. The molecule has 0 saturated heterocycles. The Kier molecular flexibility index (Phi) is 5.41. The van der Waals surface area contributed by atoms with Crippen molar-refractivity contribution in [3.8, 4) is 0 Å². The highest BCUT2D eigenvalue weighted by Crippen LogP contribution is 2.32. The minimum Gasteiger partial charge on any atom is -0.382 e. The van der Waals surface area contributed by atoms with E-state index >= 15 is 0 Å². The predicted octanol–water partition coefficient (Wildman–Crippen LogP) is 4.55. The summed E-state index contributed by atoms with van der Waals surface area (Å²) in [6.45, 7) is 3.05. The first-order valence-corrected chi connectivity index (χ1v) is 9.91. The molecule has 0 atom stereocenters.